The highest BCUT2D eigenvalue weighted by molar-refractivity contribution is 4.80. The predicted molar refractivity (Wildman–Crippen MR) is 64.2 cm³/mol. The molecule has 0 bridgehead atoms. The summed E-state index contributed by atoms with van der Waals surface area (Å²) in [7, 11) is 4.25. The molecular weight excluding hydrogens is 188 g/mol. The molecule has 3 nitrogen and oxygen atoms in total. The molecule has 2 unspecified atom stereocenters. The van der Waals surface area contributed by atoms with Crippen molar-refractivity contribution in [2.45, 2.75) is 44.8 Å². The molecular formula is C12H26N2O. The lowest BCUT2D eigenvalue weighted by molar-refractivity contribution is 0.0831. The molecule has 0 aromatic rings. The van der Waals surface area contributed by atoms with E-state index in [9.17, 15) is 0 Å². The van der Waals surface area contributed by atoms with E-state index in [1.54, 1.807) is 0 Å². The number of rotatable bonds is 7. The molecule has 0 amide bonds. The van der Waals surface area contributed by atoms with Crippen molar-refractivity contribution in [1.29, 1.82) is 0 Å². The lowest BCUT2D eigenvalue weighted by atomic mass is 10.1. The van der Waals surface area contributed by atoms with Crippen molar-refractivity contribution in [2.24, 2.45) is 0 Å². The Balaban J connectivity index is 2.05. The molecule has 1 aliphatic rings. The van der Waals surface area contributed by atoms with E-state index >= 15 is 0 Å². The van der Waals surface area contributed by atoms with Gasteiger partial charge in [-0.25, -0.2) is 0 Å². The first-order valence-corrected chi connectivity index (χ1v) is 6.22. The summed E-state index contributed by atoms with van der Waals surface area (Å²) in [6.07, 6.45) is 5.55. The Kier molecular flexibility index (Phi) is 6.22. The number of hydrogen-bond donors (Lipinski definition) is 1. The normalized spacial score (nSPS) is 26.4. The zero-order chi connectivity index (χ0) is 11.1. The first kappa shape index (κ1) is 12.9. The van der Waals surface area contributed by atoms with Crippen molar-refractivity contribution in [2.75, 3.05) is 33.8 Å². The molecule has 1 heterocycles. The Morgan fingerprint density at radius 1 is 1.33 bits per heavy atom. The first-order valence-electron chi connectivity index (χ1n) is 6.22. The van der Waals surface area contributed by atoms with E-state index in [0.717, 1.165) is 13.2 Å². The molecule has 2 atom stereocenters. The van der Waals surface area contributed by atoms with Crippen LogP contribution in [-0.4, -0.2) is 50.8 Å². The molecule has 0 radical (unpaired) electrons. The maximum absolute atomic E-state index is 5.58. The van der Waals surface area contributed by atoms with Gasteiger partial charge in [0.1, 0.15) is 0 Å². The van der Waals surface area contributed by atoms with Gasteiger partial charge in [-0.2, -0.15) is 0 Å². The van der Waals surface area contributed by atoms with Gasteiger partial charge in [0.15, 0.2) is 0 Å². The summed E-state index contributed by atoms with van der Waals surface area (Å²) in [5.74, 6) is 0. The topological polar surface area (TPSA) is 24.5 Å². The minimum Gasteiger partial charge on any atom is -0.377 e. The van der Waals surface area contributed by atoms with Gasteiger partial charge in [0, 0.05) is 12.6 Å². The highest BCUT2D eigenvalue weighted by atomic mass is 16.5. The SMILES string of the molecule is CNCCCCCN(C)C1CCOC1C. The Labute approximate surface area is 94.2 Å². The Morgan fingerprint density at radius 3 is 2.73 bits per heavy atom. The van der Waals surface area contributed by atoms with Crippen molar-refractivity contribution in [3.63, 3.8) is 0 Å². The van der Waals surface area contributed by atoms with Crippen LogP contribution in [0.3, 0.4) is 0 Å². The molecule has 0 aromatic heterocycles. The second kappa shape index (κ2) is 7.20. The van der Waals surface area contributed by atoms with E-state index in [4.69, 9.17) is 4.74 Å². The summed E-state index contributed by atoms with van der Waals surface area (Å²) in [6, 6.07) is 0.648. The van der Waals surface area contributed by atoms with Crippen molar-refractivity contribution < 1.29 is 4.74 Å². The number of ether oxygens (including phenoxy) is 1. The fourth-order valence-corrected chi connectivity index (χ4v) is 2.30. The second-order valence-electron chi connectivity index (χ2n) is 4.58. The summed E-state index contributed by atoms with van der Waals surface area (Å²) in [4.78, 5) is 2.47. The Hall–Kier alpha value is -0.120. The largest absolute Gasteiger partial charge is 0.377 e. The summed E-state index contributed by atoms with van der Waals surface area (Å²) in [6.45, 7) is 5.49. The van der Waals surface area contributed by atoms with E-state index in [1.807, 2.05) is 7.05 Å². The average Bonchev–Trinajstić information content (AvgIpc) is 2.64. The van der Waals surface area contributed by atoms with Gasteiger partial charge >= 0.3 is 0 Å². The van der Waals surface area contributed by atoms with Crippen LogP contribution in [0, 0.1) is 0 Å². The van der Waals surface area contributed by atoms with E-state index in [-0.39, 0.29) is 0 Å². The molecule has 0 aromatic carbocycles. The van der Waals surface area contributed by atoms with E-state index in [2.05, 4.69) is 24.2 Å². The van der Waals surface area contributed by atoms with Gasteiger partial charge in [-0.05, 0) is 53.4 Å². The molecule has 1 N–H and O–H groups in total. The maximum atomic E-state index is 5.58. The zero-order valence-electron chi connectivity index (χ0n) is 10.5. The molecule has 15 heavy (non-hydrogen) atoms. The number of unbranched alkanes of at least 4 members (excludes halogenated alkanes) is 2. The molecule has 1 saturated heterocycles. The maximum Gasteiger partial charge on any atom is 0.0702 e. The molecule has 90 valence electrons. The van der Waals surface area contributed by atoms with Crippen LogP contribution in [0.5, 0.6) is 0 Å². The van der Waals surface area contributed by atoms with Gasteiger partial charge < -0.3 is 15.0 Å². The van der Waals surface area contributed by atoms with Crippen LogP contribution in [0.2, 0.25) is 0 Å². The van der Waals surface area contributed by atoms with Crippen LogP contribution in [0.4, 0.5) is 0 Å². The van der Waals surface area contributed by atoms with E-state index in [1.165, 1.54) is 32.2 Å². The minimum absolute atomic E-state index is 0.423. The third-order valence-corrected chi connectivity index (χ3v) is 3.34. The van der Waals surface area contributed by atoms with Gasteiger partial charge in [-0.15, -0.1) is 0 Å². The summed E-state index contributed by atoms with van der Waals surface area (Å²) < 4.78 is 5.58. The van der Waals surface area contributed by atoms with Crippen LogP contribution < -0.4 is 5.32 Å². The lowest BCUT2D eigenvalue weighted by Crippen LogP contribution is -2.37. The zero-order valence-corrected chi connectivity index (χ0v) is 10.5. The number of nitrogens with zero attached hydrogens (tertiary/aromatic N) is 1. The first-order chi connectivity index (χ1) is 7.25. The third kappa shape index (κ3) is 4.49. The lowest BCUT2D eigenvalue weighted by Gasteiger charge is -2.26. The Morgan fingerprint density at radius 2 is 2.13 bits per heavy atom. The molecule has 1 fully saturated rings. The van der Waals surface area contributed by atoms with Gasteiger partial charge in [-0.3, -0.25) is 0 Å². The molecule has 0 spiro atoms. The molecule has 1 rings (SSSR count). The highest BCUT2D eigenvalue weighted by Crippen LogP contribution is 2.18. The quantitative estimate of drug-likeness (QED) is 0.650. The van der Waals surface area contributed by atoms with Gasteiger partial charge in [0.2, 0.25) is 0 Å². The number of nitrogens with one attached hydrogen (secondary N) is 1. The summed E-state index contributed by atoms with van der Waals surface area (Å²) in [5.41, 5.74) is 0. The summed E-state index contributed by atoms with van der Waals surface area (Å²) >= 11 is 0. The molecule has 0 aliphatic carbocycles. The molecule has 1 aliphatic heterocycles. The van der Waals surface area contributed by atoms with Gasteiger partial charge in [0.25, 0.3) is 0 Å². The number of hydrogen-bond acceptors (Lipinski definition) is 3. The van der Waals surface area contributed by atoms with Crippen LogP contribution in [0.25, 0.3) is 0 Å². The van der Waals surface area contributed by atoms with Crippen LogP contribution in [-0.2, 0) is 4.74 Å². The van der Waals surface area contributed by atoms with E-state index < -0.39 is 0 Å². The second-order valence-corrected chi connectivity index (χ2v) is 4.58. The average molecular weight is 214 g/mol. The van der Waals surface area contributed by atoms with Gasteiger partial charge in [-0.1, -0.05) is 6.42 Å². The predicted octanol–water partition coefficient (Wildman–Crippen LogP) is 1.49. The molecule has 3 heteroatoms. The molecule has 0 saturated carbocycles. The third-order valence-electron chi connectivity index (χ3n) is 3.34. The van der Waals surface area contributed by atoms with Crippen molar-refractivity contribution in [3.05, 3.63) is 0 Å². The highest BCUT2D eigenvalue weighted by Gasteiger charge is 2.27. The fourth-order valence-electron chi connectivity index (χ4n) is 2.30. The van der Waals surface area contributed by atoms with Gasteiger partial charge in [0.05, 0.1) is 6.10 Å². The number of likely N-dealkylation sites (N-methyl/N-ethyl adjacent to an activating group) is 1. The van der Waals surface area contributed by atoms with Crippen LogP contribution in [0.15, 0.2) is 0 Å². The van der Waals surface area contributed by atoms with Crippen molar-refractivity contribution in [1.82, 2.24) is 10.2 Å². The monoisotopic (exact) mass is 214 g/mol. The smallest absolute Gasteiger partial charge is 0.0702 e. The fraction of sp³-hybridized carbons (Fsp3) is 1.00. The summed E-state index contributed by atoms with van der Waals surface area (Å²) in [5, 5.41) is 3.18. The van der Waals surface area contributed by atoms with Crippen LogP contribution >= 0.6 is 0 Å². The van der Waals surface area contributed by atoms with E-state index in [0.29, 0.717) is 12.1 Å². The standard InChI is InChI=1S/C12H26N2O/c1-11-12(7-10-15-11)14(3)9-6-4-5-8-13-2/h11-13H,4-10H2,1-3H3. The van der Waals surface area contributed by atoms with Crippen molar-refractivity contribution in [3.8, 4) is 0 Å². The Bertz CT molecular complexity index is 164. The van der Waals surface area contributed by atoms with Crippen molar-refractivity contribution >= 4 is 0 Å². The van der Waals surface area contributed by atoms with Crippen LogP contribution in [0.1, 0.15) is 32.6 Å². The minimum atomic E-state index is 0.423.